The number of nitrogens with zero attached hydrogens (tertiary/aromatic N) is 1. The molecule has 2 unspecified atom stereocenters. The first-order chi connectivity index (χ1) is 10.2. The van der Waals surface area contributed by atoms with E-state index in [-0.39, 0.29) is 5.92 Å². The Morgan fingerprint density at radius 2 is 2.05 bits per heavy atom. The SMILES string of the molecule is CN1CC(C(=O)O)CC(c2ccc(CC(F)(F)F)c(F)c2)C1. The van der Waals surface area contributed by atoms with Gasteiger partial charge in [-0.25, -0.2) is 4.39 Å². The third-order valence-corrected chi connectivity index (χ3v) is 3.92. The summed E-state index contributed by atoms with van der Waals surface area (Å²) < 4.78 is 50.8. The van der Waals surface area contributed by atoms with Crippen LogP contribution in [-0.4, -0.2) is 42.3 Å². The average Bonchev–Trinajstić information content (AvgIpc) is 2.39. The molecule has 7 heteroatoms. The molecule has 1 fully saturated rings. The highest BCUT2D eigenvalue weighted by Gasteiger charge is 2.32. The maximum atomic E-state index is 13.9. The molecule has 0 aromatic heterocycles. The van der Waals surface area contributed by atoms with Gasteiger partial charge < -0.3 is 10.0 Å². The average molecular weight is 319 g/mol. The Kier molecular flexibility index (Phi) is 4.75. The zero-order valence-corrected chi connectivity index (χ0v) is 12.0. The van der Waals surface area contributed by atoms with Crippen LogP contribution in [0.15, 0.2) is 18.2 Å². The van der Waals surface area contributed by atoms with Crippen molar-refractivity contribution in [3.8, 4) is 0 Å². The Morgan fingerprint density at radius 1 is 1.36 bits per heavy atom. The Labute approximate surface area is 125 Å². The third kappa shape index (κ3) is 4.19. The lowest BCUT2D eigenvalue weighted by Gasteiger charge is -2.34. The number of piperidine rings is 1. The van der Waals surface area contributed by atoms with Gasteiger partial charge in [-0.2, -0.15) is 13.2 Å². The molecule has 0 saturated carbocycles. The first kappa shape index (κ1) is 16.7. The van der Waals surface area contributed by atoms with Gasteiger partial charge in [0, 0.05) is 13.1 Å². The van der Waals surface area contributed by atoms with Gasteiger partial charge in [-0.1, -0.05) is 12.1 Å². The molecule has 0 radical (unpaired) electrons. The van der Waals surface area contributed by atoms with E-state index in [0.29, 0.717) is 25.1 Å². The number of aliphatic carboxylic acids is 1. The number of benzene rings is 1. The molecule has 1 heterocycles. The van der Waals surface area contributed by atoms with Gasteiger partial charge in [-0.05, 0) is 36.6 Å². The quantitative estimate of drug-likeness (QED) is 0.871. The van der Waals surface area contributed by atoms with Crippen molar-refractivity contribution in [1.82, 2.24) is 4.90 Å². The van der Waals surface area contributed by atoms with Crippen LogP contribution in [0.1, 0.15) is 23.5 Å². The van der Waals surface area contributed by atoms with Crippen LogP contribution in [0.5, 0.6) is 0 Å². The van der Waals surface area contributed by atoms with Crippen molar-refractivity contribution in [2.24, 2.45) is 5.92 Å². The first-order valence-corrected chi connectivity index (χ1v) is 6.92. The van der Waals surface area contributed by atoms with E-state index in [2.05, 4.69) is 0 Å². The normalized spacial score (nSPS) is 23.5. The molecular formula is C15H17F4NO2. The summed E-state index contributed by atoms with van der Waals surface area (Å²) in [6, 6.07) is 3.71. The van der Waals surface area contributed by atoms with Crippen molar-refractivity contribution < 1.29 is 27.5 Å². The van der Waals surface area contributed by atoms with E-state index < -0.39 is 35.9 Å². The summed E-state index contributed by atoms with van der Waals surface area (Å²) in [7, 11) is 1.77. The van der Waals surface area contributed by atoms with E-state index in [1.165, 1.54) is 6.07 Å². The summed E-state index contributed by atoms with van der Waals surface area (Å²) in [6.07, 6.45) is -5.40. The molecule has 0 amide bonds. The van der Waals surface area contributed by atoms with Gasteiger partial charge in [0.1, 0.15) is 5.82 Å². The number of likely N-dealkylation sites (tertiary alicyclic amines) is 1. The molecule has 1 saturated heterocycles. The third-order valence-electron chi connectivity index (χ3n) is 3.92. The minimum Gasteiger partial charge on any atom is -0.481 e. The van der Waals surface area contributed by atoms with E-state index in [9.17, 15) is 22.4 Å². The van der Waals surface area contributed by atoms with Crippen molar-refractivity contribution in [2.75, 3.05) is 20.1 Å². The lowest BCUT2D eigenvalue weighted by Crippen LogP contribution is -2.40. The molecular weight excluding hydrogens is 302 g/mol. The largest absolute Gasteiger partial charge is 0.481 e. The fourth-order valence-corrected chi connectivity index (χ4v) is 2.92. The second-order valence-corrected chi connectivity index (χ2v) is 5.83. The first-order valence-electron chi connectivity index (χ1n) is 6.92. The predicted octanol–water partition coefficient (Wildman–Crippen LogP) is 3.05. The number of carboxylic acids is 1. The minimum absolute atomic E-state index is 0.200. The van der Waals surface area contributed by atoms with Crippen LogP contribution < -0.4 is 0 Å². The number of carboxylic acid groups (broad SMARTS) is 1. The molecule has 2 rings (SSSR count). The monoisotopic (exact) mass is 319 g/mol. The second-order valence-electron chi connectivity index (χ2n) is 5.83. The molecule has 1 aliphatic heterocycles. The number of likely N-dealkylation sites (N-methyl/N-ethyl adjacent to an activating group) is 1. The smallest absolute Gasteiger partial charge is 0.393 e. The highest BCUT2D eigenvalue weighted by molar-refractivity contribution is 5.70. The summed E-state index contributed by atoms with van der Waals surface area (Å²) >= 11 is 0. The van der Waals surface area contributed by atoms with Crippen LogP contribution in [0.4, 0.5) is 17.6 Å². The number of hydrogen-bond donors (Lipinski definition) is 1. The van der Waals surface area contributed by atoms with Gasteiger partial charge in [0.05, 0.1) is 12.3 Å². The highest BCUT2D eigenvalue weighted by atomic mass is 19.4. The number of carbonyl (C=O) groups is 1. The molecule has 1 aromatic carbocycles. The zero-order chi connectivity index (χ0) is 16.5. The maximum absolute atomic E-state index is 13.9. The topological polar surface area (TPSA) is 40.5 Å². The fraction of sp³-hybridized carbons (Fsp3) is 0.533. The van der Waals surface area contributed by atoms with Gasteiger partial charge in [-0.15, -0.1) is 0 Å². The summed E-state index contributed by atoms with van der Waals surface area (Å²) in [6.45, 7) is 0.975. The molecule has 0 spiro atoms. The van der Waals surface area contributed by atoms with Crippen molar-refractivity contribution in [3.63, 3.8) is 0 Å². The lowest BCUT2D eigenvalue weighted by molar-refractivity contribution is -0.143. The molecule has 1 aromatic rings. The van der Waals surface area contributed by atoms with Gasteiger partial charge in [0.2, 0.25) is 0 Å². The van der Waals surface area contributed by atoms with Crippen molar-refractivity contribution in [2.45, 2.75) is 24.9 Å². The summed E-state index contributed by atoms with van der Waals surface area (Å²) in [5.41, 5.74) is 0.149. The van der Waals surface area contributed by atoms with Crippen molar-refractivity contribution >= 4 is 5.97 Å². The summed E-state index contributed by atoms with van der Waals surface area (Å²) in [5, 5.41) is 9.12. The highest BCUT2D eigenvalue weighted by Crippen LogP contribution is 2.31. The Bertz CT molecular complexity index is 559. The van der Waals surface area contributed by atoms with Crippen LogP contribution in [-0.2, 0) is 11.2 Å². The maximum Gasteiger partial charge on any atom is 0.393 e. The molecule has 0 aliphatic carbocycles. The fourth-order valence-electron chi connectivity index (χ4n) is 2.92. The van der Waals surface area contributed by atoms with E-state index in [4.69, 9.17) is 5.11 Å². The molecule has 0 bridgehead atoms. The number of alkyl halides is 3. The molecule has 2 atom stereocenters. The zero-order valence-electron chi connectivity index (χ0n) is 12.0. The summed E-state index contributed by atoms with van der Waals surface area (Å²) in [5.74, 6) is -2.56. The predicted molar refractivity (Wildman–Crippen MR) is 72.1 cm³/mol. The molecule has 3 nitrogen and oxygen atoms in total. The van der Waals surface area contributed by atoms with Crippen LogP contribution in [0.2, 0.25) is 0 Å². The Morgan fingerprint density at radius 3 is 2.59 bits per heavy atom. The standard InChI is InChI=1S/C15H17F4NO2/c1-20-7-11(4-12(8-20)14(21)22)9-2-3-10(13(16)5-9)6-15(17,18)19/h2-3,5,11-12H,4,6-8H2,1H3,(H,21,22). The molecule has 122 valence electrons. The van der Waals surface area contributed by atoms with Gasteiger partial charge in [0.15, 0.2) is 0 Å². The number of halogens is 4. The minimum atomic E-state index is -4.46. The number of rotatable bonds is 3. The van der Waals surface area contributed by atoms with Gasteiger partial charge >= 0.3 is 12.1 Å². The summed E-state index contributed by atoms with van der Waals surface area (Å²) in [4.78, 5) is 13.0. The molecule has 1 N–H and O–H groups in total. The van der Waals surface area contributed by atoms with E-state index in [1.807, 2.05) is 4.90 Å². The molecule has 1 aliphatic rings. The van der Waals surface area contributed by atoms with Crippen LogP contribution in [0.3, 0.4) is 0 Å². The van der Waals surface area contributed by atoms with E-state index in [1.54, 1.807) is 7.05 Å². The van der Waals surface area contributed by atoms with Crippen LogP contribution >= 0.6 is 0 Å². The lowest BCUT2D eigenvalue weighted by atomic mass is 9.84. The molecule has 22 heavy (non-hydrogen) atoms. The Hall–Kier alpha value is -1.63. The van der Waals surface area contributed by atoms with Gasteiger partial charge in [-0.3, -0.25) is 4.79 Å². The number of hydrogen-bond acceptors (Lipinski definition) is 2. The Balaban J connectivity index is 2.18. The van der Waals surface area contributed by atoms with Crippen LogP contribution in [0.25, 0.3) is 0 Å². The van der Waals surface area contributed by atoms with Crippen molar-refractivity contribution in [3.05, 3.63) is 35.1 Å². The van der Waals surface area contributed by atoms with Crippen LogP contribution in [0, 0.1) is 11.7 Å². The van der Waals surface area contributed by atoms with E-state index in [0.717, 1.165) is 12.1 Å². The van der Waals surface area contributed by atoms with E-state index >= 15 is 0 Å². The van der Waals surface area contributed by atoms with Crippen molar-refractivity contribution in [1.29, 1.82) is 0 Å². The van der Waals surface area contributed by atoms with Gasteiger partial charge in [0.25, 0.3) is 0 Å². The second kappa shape index (κ2) is 6.24.